The lowest BCUT2D eigenvalue weighted by molar-refractivity contribution is -0.173. The molecule has 128 valence electrons. The Bertz CT molecular complexity index is 691. The van der Waals surface area contributed by atoms with Crippen molar-refractivity contribution < 1.29 is 27.4 Å². The monoisotopic (exact) mass is 340 g/mol. The summed E-state index contributed by atoms with van der Waals surface area (Å²) >= 11 is 0. The summed E-state index contributed by atoms with van der Waals surface area (Å²) in [7, 11) is 1.42. The average molecular weight is 340 g/mol. The number of amides is 1. The highest BCUT2D eigenvalue weighted by atomic mass is 19.4. The lowest BCUT2D eigenvalue weighted by Gasteiger charge is -2.13. The van der Waals surface area contributed by atoms with E-state index in [4.69, 9.17) is 9.47 Å². The average Bonchev–Trinajstić information content (AvgIpc) is 2.58. The highest BCUT2D eigenvalue weighted by Gasteiger charge is 2.38. The molecule has 2 aromatic rings. The molecule has 5 nitrogen and oxygen atoms in total. The first kappa shape index (κ1) is 17.6. The van der Waals surface area contributed by atoms with Crippen molar-refractivity contribution in [2.24, 2.45) is 0 Å². The Morgan fingerprint density at radius 2 is 1.83 bits per heavy atom. The summed E-state index contributed by atoms with van der Waals surface area (Å²) in [4.78, 5) is 14.7. The van der Waals surface area contributed by atoms with Crippen molar-refractivity contribution in [1.82, 2.24) is 10.3 Å². The van der Waals surface area contributed by atoms with Crippen LogP contribution >= 0.6 is 0 Å². The molecule has 1 heterocycles. The zero-order valence-corrected chi connectivity index (χ0v) is 12.8. The molecule has 0 saturated carbocycles. The van der Waals surface area contributed by atoms with Crippen molar-refractivity contribution in [1.29, 1.82) is 0 Å². The van der Waals surface area contributed by atoms with Gasteiger partial charge in [-0.2, -0.15) is 13.2 Å². The number of alkyl halides is 3. The second-order valence-electron chi connectivity index (χ2n) is 4.81. The Hall–Kier alpha value is -2.77. The molecule has 0 aliphatic carbocycles. The maximum absolute atomic E-state index is 12.2. The molecule has 1 aromatic heterocycles. The minimum atomic E-state index is -4.91. The van der Waals surface area contributed by atoms with Crippen molar-refractivity contribution >= 4 is 5.91 Å². The van der Waals surface area contributed by atoms with E-state index in [1.165, 1.54) is 13.2 Å². The maximum atomic E-state index is 12.2. The lowest BCUT2D eigenvalue weighted by Crippen LogP contribution is -2.36. The van der Waals surface area contributed by atoms with Crippen LogP contribution < -0.4 is 14.8 Å². The summed E-state index contributed by atoms with van der Waals surface area (Å²) in [6.07, 6.45) is -1.62. The zero-order valence-electron chi connectivity index (χ0n) is 12.8. The van der Waals surface area contributed by atoms with E-state index >= 15 is 0 Å². The van der Waals surface area contributed by atoms with Gasteiger partial charge in [0.1, 0.15) is 6.61 Å². The van der Waals surface area contributed by atoms with E-state index in [9.17, 15) is 18.0 Å². The number of nitrogens with one attached hydrogen (secondary N) is 1. The van der Waals surface area contributed by atoms with Gasteiger partial charge in [-0.15, -0.1) is 0 Å². The van der Waals surface area contributed by atoms with Crippen LogP contribution in [0.5, 0.6) is 11.5 Å². The molecular formula is C16H15F3N2O3. The fraction of sp³-hybridized carbons (Fsp3) is 0.250. The molecule has 24 heavy (non-hydrogen) atoms. The van der Waals surface area contributed by atoms with Crippen LogP contribution in [-0.2, 0) is 17.9 Å². The predicted octanol–water partition coefficient (Wildman–Crippen LogP) is 2.85. The van der Waals surface area contributed by atoms with Gasteiger partial charge in [0.15, 0.2) is 11.5 Å². The molecule has 1 N–H and O–H groups in total. The Morgan fingerprint density at radius 3 is 2.46 bits per heavy atom. The fourth-order valence-corrected chi connectivity index (χ4v) is 1.86. The minimum Gasteiger partial charge on any atom is -0.493 e. The first-order valence-electron chi connectivity index (χ1n) is 6.94. The van der Waals surface area contributed by atoms with E-state index in [1.54, 1.807) is 42.0 Å². The molecule has 0 fully saturated rings. The SMILES string of the molecule is COc1cc(CNC(=O)C(F)(F)F)ccc1OCc1ccncc1. The number of rotatable bonds is 6. The first-order chi connectivity index (χ1) is 11.4. The molecule has 2 rings (SSSR count). The number of hydrogen-bond donors (Lipinski definition) is 1. The Balaban J connectivity index is 2.00. The van der Waals surface area contributed by atoms with Crippen LogP contribution in [0.4, 0.5) is 13.2 Å². The van der Waals surface area contributed by atoms with Crippen LogP contribution in [0.15, 0.2) is 42.7 Å². The summed E-state index contributed by atoms with van der Waals surface area (Å²) in [5, 5.41) is 1.80. The normalized spacial score (nSPS) is 11.0. The predicted molar refractivity (Wildman–Crippen MR) is 79.5 cm³/mol. The second kappa shape index (κ2) is 7.67. The minimum absolute atomic E-state index is 0.265. The number of methoxy groups -OCH3 is 1. The summed E-state index contributed by atoms with van der Waals surface area (Å²) in [6.45, 7) is 0.0301. The third kappa shape index (κ3) is 4.87. The molecule has 1 amide bonds. The maximum Gasteiger partial charge on any atom is 0.471 e. The van der Waals surface area contributed by atoms with Gasteiger partial charge < -0.3 is 14.8 Å². The van der Waals surface area contributed by atoms with Gasteiger partial charge in [-0.25, -0.2) is 0 Å². The van der Waals surface area contributed by atoms with Gasteiger partial charge >= 0.3 is 12.1 Å². The summed E-state index contributed by atoms with van der Waals surface area (Å²) in [5.41, 5.74) is 1.37. The van der Waals surface area contributed by atoms with Gasteiger partial charge in [-0.1, -0.05) is 6.07 Å². The Kier molecular flexibility index (Phi) is 5.62. The zero-order chi connectivity index (χ0) is 17.6. The number of aromatic nitrogens is 1. The van der Waals surface area contributed by atoms with E-state index in [0.29, 0.717) is 23.7 Å². The second-order valence-corrected chi connectivity index (χ2v) is 4.81. The van der Waals surface area contributed by atoms with E-state index < -0.39 is 12.1 Å². The first-order valence-corrected chi connectivity index (χ1v) is 6.94. The highest BCUT2D eigenvalue weighted by Crippen LogP contribution is 2.29. The van der Waals surface area contributed by atoms with Gasteiger partial charge in [0, 0.05) is 18.9 Å². The van der Waals surface area contributed by atoms with Crippen molar-refractivity contribution in [3.8, 4) is 11.5 Å². The Labute approximate surface area is 136 Å². The molecule has 0 aliphatic rings. The number of benzene rings is 1. The van der Waals surface area contributed by atoms with Crippen LogP contribution in [0.1, 0.15) is 11.1 Å². The number of pyridine rings is 1. The van der Waals surface area contributed by atoms with Crippen molar-refractivity contribution in [3.05, 3.63) is 53.9 Å². The van der Waals surface area contributed by atoms with Crippen molar-refractivity contribution in [3.63, 3.8) is 0 Å². The topological polar surface area (TPSA) is 60.5 Å². The van der Waals surface area contributed by atoms with Gasteiger partial charge in [0.25, 0.3) is 0 Å². The molecule has 8 heteroatoms. The third-order valence-corrected chi connectivity index (χ3v) is 3.08. The van der Waals surface area contributed by atoms with Crippen molar-refractivity contribution in [2.75, 3.05) is 7.11 Å². The fourth-order valence-electron chi connectivity index (χ4n) is 1.86. The number of hydrogen-bond acceptors (Lipinski definition) is 4. The number of nitrogens with zero attached hydrogens (tertiary/aromatic N) is 1. The number of carbonyl (C=O) groups excluding carboxylic acids is 1. The summed E-state index contributed by atoms with van der Waals surface area (Å²) in [5.74, 6) is -1.18. The third-order valence-electron chi connectivity index (χ3n) is 3.08. The molecule has 0 atom stereocenters. The molecule has 0 saturated heterocycles. The number of ether oxygens (including phenoxy) is 2. The summed E-state index contributed by atoms with van der Waals surface area (Å²) in [6, 6.07) is 8.25. The quantitative estimate of drug-likeness (QED) is 0.878. The smallest absolute Gasteiger partial charge is 0.471 e. The van der Waals surface area contributed by atoms with Crippen LogP contribution in [0.2, 0.25) is 0 Å². The molecule has 0 radical (unpaired) electrons. The molecule has 1 aromatic carbocycles. The largest absolute Gasteiger partial charge is 0.493 e. The van der Waals surface area contributed by atoms with Crippen molar-refractivity contribution in [2.45, 2.75) is 19.3 Å². The van der Waals surface area contributed by atoms with E-state index in [1.807, 2.05) is 0 Å². The van der Waals surface area contributed by atoms with Gasteiger partial charge in [-0.05, 0) is 35.4 Å². The van der Waals surface area contributed by atoms with Gasteiger partial charge in [0.2, 0.25) is 0 Å². The van der Waals surface area contributed by atoms with Crippen LogP contribution in [0.3, 0.4) is 0 Å². The van der Waals surface area contributed by atoms with E-state index in [2.05, 4.69) is 4.98 Å². The van der Waals surface area contributed by atoms with E-state index in [-0.39, 0.29) is 6.54 Å². The van der Waals surface area contributed by atoms with Gasteiger partial charge in [-0.3, -0.25) is 9.78 Å². The molecule has 0 spiro atoms. The standard InChI is InChI=1S/C16H15F3N2O3/c1-23-14-8-12(9-21-15(22)16(17,18)19)2-3-13(14)24-10-11-4-6-20-7-5-11/h2-8H,9-10H2,1H3,(H,21,22). The number of carbonyl (C=O) groups is 1. The number of halogens is 3. The highest BCUT2D eigenvalue weighted by molar-refractivity contribution is 5.81. The van der Waals surface area contributed by atoms with Crippen LogP contribution in [0, 0.1) is 0 Å². The molecule has 0 aliphatic heterocycles. The summed E-state index contributed by atoms with van der Waals surface area (Å²) < 4.78 is 47.3. The van der Waals surface area contributed by atoms with Crippen LogP contribution in [-0.4, -0.2) is 24.2 Å². The van der Waals surface area contributed by atoms with E-state index in [0.717, 1.165) is 5.56 Å². The van der Waals surface area contributed by atoms with Crippen LogP contribution in [0.25, 0.3) is 0 Å². The molecule has 0 unspecified atom stereocenters. The van der Waals surface area contributed by atoms with Gasteiger partial charge in [0.05, 0.1) is 7.11 Å². The molecule has 0 bridgehead atoms. The lowest BCUT2D eigenvalue weighted by atomic mass is 10.2. The Morgan fingerprint density at radius 1 is 1.12 bits per heavy atom. The molecular weight excluding hydrogens is 325 g/mol.